The summed E-state index contributed by atoms with van der Waals surface area (Å²) in [7, 11) is 0. The summed E-state index contributed by atoms with van der Waals surface area (Å²) >= 11 is 0. The highest BCUT2D eigenvalue weighted by atomic mass is 16.1. The van der Waals surface area contributed by atoms with Gasteiger partial charge in [0, 0.05) is 51.7 Å². The van der Waals surface area contributed by atoms with E-state index in [1.807, 2.05) is 12.1 Å². The Hall–Kier alpha value is -1.30. The lowest BCUT2D eigenvalue weighted by Crippen LogP contribution is -2.76. The highest BCUT2D eigenvalue weighted by Gasteiger charge is 2.60. The molecule has 0 saturated carbocycles. The molecule has 4 aliphatic heterocycles. The van der Waals surface area contributed by atoms with Gasteiger partial charge in [-0.15, -0.1) is 0 Å². The molecule has 1 aromatic rings. The number of piperidine rings is 2. The standard InChI is InChI=1S/C14H18N4O/c15-14-9-17-5-6-18(10-14)8-13(7-17,12(14)19)11-1-3-16-4-2-11/h1-4H,5-10,15H2. The minimum Gasteiger partial charge on any atom is -0.317 e. The molecular weight excluding hydrogens is 240 g/mol. The van der Waals surface area contributed by atoms with Gasteiger partial charge in [0.1, 0.15) is 5.54 Å². The summed E-state index contributed by atoms with van der Waals surface area (Å²) in [4.78, 5) is 21.8. The first kappa shape index (κ1) is 11.5. The molecule has 100 valence electrons. The molecule has 2 N–H and O–H groups in total. The molecule has 0 aromatic carbocycles. The van der Waals surface area contributed by atoms with Gasteiger partial charge < -0.3 is 5.73 Å². The highest BCUT2D eigenvalue weighted by molar-refractivity contribution is 6.00. The number of Topliss-reactive ketones (excluding diaryl/α,β-unsaturated/α-hetero) is 1. The van der Waals surface area contributed by atoms with Crippen LogP contribution in [0, 0.1) is 0 Å². The van der Waals surface area contributed by atoms with Crippen LogP contribution in [0.2, 0.25) is 0 Å². The first-order chi connectivity index (χ1) is 9.12. The summed E-state index contributed by atoms with van der Waals surface area (Å²) in [5.74, 6) is 0.223. The number of rotatable bonds is 1. The average molecular weight is 258 g/mol. The van der Waals surface area contributed by atoms with E-state index in [0.717, 1.165) is 31.7 Å². The Labute approximate surface area is 112 Å². The van der Waals surface area contributed by atoms with Crippen molar-refractivity contribution in [1.82, 2.24) is 14.8 Å². The zero-order valence-electron chi connectivity index (χ0n) is 10.9. The van der Waals surface area contributed by atoms with Crippen molar-refractivity contribution in [2.75, 3.05) is 39.3 Å². The molecule has 2 atom stereocenters. The van der Waals surface area contributed by atoms with Crippen molar-refractivity contribution in [3.05, 3.63) is 30.1 Å². The minimum atomic E-state index is -0.698. The van der Waals surface area contributed by atoms with Crippen molar-refractivity contribution in [2.24, 2.45) is 5.73 Å². The SMILES string of the molecule is NC12CN3CCN(C1)CC(c1ccncc1)(C3)C2=O. The summed E-state index contributed by atoms with van der Waals surface area (Å²) in [6.45, 7) is 5.03. The minimum absolute atomic E-state index is 0.223. The Balaban J connectivity index is 1.89. The van der Waals surface area contributed by atoms with Gasteiger partial charge in [-0.05, 0) is 17.7 Å². The fraction of sp³-hybridized carbons (Fsp3) is 0.571. The maximum Gasteiger partial charge on any atom is 0.168 e. The van der Waals surface area contributed by atoms with Gasteiger partial charge >= 0.3 is 0 Å². The van der Waals surface area contributed by atoms with E-state index in [-0.39, 0.29) is 5.78 Å². The third-order valence-corrected chi connectivity index (χ3v) is 4.85. The molecule has 5 heterocycles. The Morgan fingerprint density at radius 3 is 2.21 bits per heavy atom. The van der Waals surface area contributed by atoms with Crippen LogP contribution >= 0.6 is 0 Å². The van der Waals surface area contributed by atoms with Crippen molar-refractivity contribution in [1.29, 1.82) is 0 Å². The van der Waals surface area contributed by atoms with Crippen LogP contribution in [0.4, 0.5) is 0 Å². The number of nitrogens with two attached hydrogens (primary N) is 1. The van der Waals surface area contributed by atoms with Crippen LogP contribution < -0.4 is 5.73 Å². The van der Waals surface area contributed by atoms with Crippen molar-refractivity contribution < 1.29 is 4.79 Å². The number of carbonyl (C=O) groups is 1. The van der Waals surface area contributed by atoms with Crippen LogP contribution in [0.3, 0.4) is 0 Å². The van der Waals surface area contributed by atoms with Crippen LogP contribution in [0.1, 0.15) is 5.56 Å². The lowest BCUT2D eigenvalue weighted by Gasteiger charge is -2.53. The molecule has 0 radical (unpaired) electrons. The predicted octanol–water partition coefficient (Wildman–Crippen LogP) is -0.769. The third kappa shape index (κ3) is 1.46. The van der Waals surface area contributed by atoms with E-state index in [4.69, 9.17) is 5.73 Å². The van der Waals surface area contributed by atoms with Crippen LogP contribution in [-0.2, 0) is 10.2 Å². The van der Waals surface area contributed by atoms with Gasteiger partial charge in [0.05, 0.1) is 5.41 Å². The molecule has 5 rings (SSSR count). The lowest BCUT2D eigenvalue weighted by molar-refractivity contribution is -0.140. The van der Waals surface area contributed by atoms with Crippen molar-refractivity contribution >= 4 is 5.78 Å². The molecule has 0 amide bonds. The number of pyridine rings is 1. The topological polar surface area (TPSA) is 62.5 Å². The van der Waals surface area contributed by atoms with E-state index in [0.29, 0.717) is 13.1 Å². The zero-order chi connectivity index (χ0) is 13.1. The number of carbonyl (C=O) groups excluding carboxylic acids is 1. The second kappa shape index (κ2) is 3.62. The Morgan fingerprint density at radius 1 is 1.05 bits per heavy atom. The quantitative estimate of drug-likeness (QED) is 0.717. The van der Waals surface area contributed by atoms with Gasteiger partial charge in [-0.2, -0.15) is 0 Å². The van der Waals surface area contributed by atoms with Gasteiger partial charge in [-0.3, -0.25) is 19.6 Å². The van der Waals surface area contributed by atoms with Crippen molar-refractivity contribution in [3.63, 3.8) is 0 Å². The van der Waals surface area contributed by atoms with Crippen molar-refractivity contribution in [2.45, 2.75) is 11.0 Å². The van der Waals surface area contributed by atoms with Gasteiger partial charge in [-0.25, -0.2) is 0 Å². The highest BCUT2D eigenvalue weighted by Crippen LogP contribution is 2.40. The van der Waals surface area contributed by atoms with E-state index in [1.165, 1.54) is 0 Å². The van der Waals surface area contributed by atoms with Gasteiger partial charge in [-0.1, -0.05) is 0 Å². The van der Waals surface area contributed by atoms with Gasteiger partial charge in [0.2, 0.25) is 0 Å². The summed E-state index contributed by atoms with van der Waals surface area (Å²) in [5.41, 5.74) is 6.35. The fourth-order valence-corrected chi connectivity index (χ4v) is 4.12. The largest absolute Gasteiger partial charge is 0.317 e. The smallest absolute Gasteiger partial charge is 0.168 e. The van der Waals surface area contributed by atoms with E-state index in [1.54, 1.807) is 12.4 Å². The monoisotopic (exact) mass is 258 g/mol. The number of hydrogen-bond donors (Lipinski definition) is 1. The Bertz CT molecular complexity index is 514. The molecule has 4 aliphatic rings. The lowest BCUT2D eigenvalue weighted by atomic mass is 9.64. The van der Waals surface area contributed by atoms with Crippen LogP contribution in [0.25, 0.3) is 0 Å². The van der Waals surface area contributed by atoms with E-state index in [2.05, 4.69) is 14.8 Å². The zero-order valence-corrected chi connectivity index (χ0v) is 10.9. The van der Waals surface area contributed by atoms with Crippen LogP contribution in [0.15, 0.2) is 24.5 Å². The molecule has 5 nitrogen and oxygen atoms in total. The maximum atomic E-state index is 13.0. The normalized spacial score (nSPS) is 44.4. The predicted molar refractivity (Wildman–Crippen MR) is 70.7 cm³/mol. The molecule has 0 aliphatic carbocycles. The number of hydrogen-bond acceptors (Lipinski definition) is 5. The van der Waals surface area contributed by atoms with Gasteiger partial charge in [0.25, 0.3) is 0 Å². The molecule has 4 bridgehead atoms. The summed E-state index contributed by atoms with van der Waals surface area (Å²) in [5, 5.41) is 0. The van der Waals surface area contributed by atoms with E-state index < -0.39 is 11.0 Å². The van der Waals surface area contributed by atoms with Crippen LogP contribution in [0.5, 0.6) is 0 Å². The number of fused-ring (bicyclic) bond motifs is 1. The first-order valence-electron chi connectivity index (χ1n) is 6.81. The van der Waals surface area contributed by atoms with E-state index in [9.17, 15) is 4.79 Å². The molecule has 19 heavy (non-hydrogen) atoms. The molecular formula is C14H18N4O. The number of ketones is 1. The summed E-state index contributed by atoms with van der Waals surface area (Å²) in [6, 6.07) is 3.94. The Kier molecular flexibility index (Phi) is 2.20. The second-order valence-electron chi connectivity index (χ2n) is 6.22. The van der Waals surface area contributed by atoms with Gasteiger partial charge in [0.15, 0.2) is 5.78 Å². The summed E-state index contributed by atoms with van der Waals surface area (Å²) in [6.07, 6.45) is 3.54. The maximum absolute atomic E-state index is 13.0. The Morgan fingerprint density at radius 2 is 1.63 bits per heavy atom. The molecule has 5 heteroatoms. The number of nitrogens with zero attached hydrogens (tertiary/aromatic N) is 3. The number of aromatic nitrogens is 1. The second-order valence-corrected chi connectivity index (χ2v) is 6.22. The molecule has 0 spiro atoms. The average Bonchev–Trinajstić information content (AvgIpc) is 2.64. The summed E-state index contributed by atoms with van der Waals surface area (Å²) < 4.78 is 0. The van der Waals surface area contributed by atoms with Crippen LogP contribution in [-0.4, -0.2) is 65.4 Å². The first-order valence-corrected chi connectivity index (χ1v) is 6.81. The fourth-order valence-electron chi connectivity index (χ4n) is 4.12. The molecule has 1 aromatic heterocycles. The molecule has 4 fully saturated rings. The van der Waals surface area contributed by atoms with E-state index >= 15 is 0 Å². The third-order valence-electron chi connectivity index (χ3n) is 4.85. The van der Waals surface area contributed by atoms with Crippen molar-refractivity contribution in [3.8, 4) is 0 Å². The molecule has 4 saturated heterocycles. The molecule has 2 unspecified atom stereocenters.